The first-order chi connectivity index (χ1) is 14.8. The maximum absolute atomic E-state index is 12.7. The minimum atomic E-state index is -0.715. The fraction of sp³-hybridized carbons (Fsp3) is 0.720. The van der Waals surface area contributed by atoms with Crippen molar-refractivity contribution in [1.82, 2.24) is 15.6 Å². The number of hydrogen-bond donors (Lipinski definition) is 2. The van der Waals surface area contributed by atoms with Crippen LogP contribution in [0.15, 0.2) is 24.4 Å². The zero-order valence-electron chi connectivity index (χ0n) is 20.0. The predicted molar refractivity (Wildman–Crippen MR) is 126 cm³/mol. The number of alkyl carbamates (subject to hydrolysis) is 1. The quantitative estimate of drug-likeness (QED) is 0.355. The maximum Gasteiger partial charge on any atom is 0.408 e. The molecule has 0 aliphatic rings. The summed E-state index contributed by atoms with van der Waals surface area (Å²) >= 11 is 0. The molecule has 2 amide bonds. The molecule has 0 bridgehead atoms. The molecule has 0 spiro atoms. The molecular formula is C25H43N3O3. The first-order valence-electron chi connectivity index (χ1n) is 12.0. The van der Waals surface area contributed by atoms with Crippen molar-refractivity contribution in [2.75, 3.05) is 6.54 Å². The Balaban J connectivity index is 2.34. The van der Waals surface area contributed by atoms with Crippen LogP contribution in [0.3, 0.4) is 0 Å². The van der Waals surface area contributed by atoms with Crippen molar-refractivity contribution in [2.24, 2.45) is 0 Å². The normalized spacial score (nSPS) is 12.3. The molecule has 1 atom stereocenters. The van der Waals surface area contributed by atoms with Gasteiger partial charge in [0.15, 0.2) is 0 Å². The van der Waals surface area contributed by atoms with Gasteiger partial charge in [0.05, 0.1) is 0 Å². The lowest BCUT2D eigenvalue weighted by molar-refractivity contribution is -0.123. The Morgan fingerprint density at radius 2 is 1.58 bits per heavy atom. The summed E-state index contributed by atoms with van der Waals surface area (Å²) in [5, 5.41) is 5.66. The number of carbonyl (C=O) groups is 2. The van der Waals surface area contributed by atoms with Crippen LogP contribution in [-0.2, 0) is 16.0 Å². The van der Waals surface area contributed by atoms with Crippen LogP contribution in [0.25, 0.3) is 0 Å². The van der Waals surface area contributed by atoms with Crippen molar-refractivity contribution in [2.45, 2.75) is 110 Å². The zero-order chi connectivity index (χ0) is 23.0. The fourth-order valence-corrected chi connectivity index (χ4v) is 3.33. The van der Waals surface area contributed by atoms with Gasteiger partial charge in [-0.15, -0.1) is 0 Å². The van der Waals surface area contributed by atoms with E-state index in [0.29, 0.717) is 13.0 Å². The second kappa shape index (κ2) is 15.7. The van der Waals surface area contributed by atoms with Gasteiger partial charge >= 0.3 is 6.09 Å². The molecule has 1 heterocycles. The third-order valence-corrected chi connectivity index (χ3v) is 4.98. The van der Waals surface area contributed by atoms with Crippen LogP contribution in [0.1, 0.15) is 97.6 Å². The number of carbonyl (C=O) groups excluding carboxylic acids is 2. The zero-order valence-corrected chi connectivity index (χ0v) is 20.0. The van der Waals surface area contributed by atoms with Gasteiger partial charge in [-0.05, 0) is 39.3 Å². The van der Waals surface area contributed by atoms with Crippen LogP contribution >= 0.6 is 0 Å². The van der Waals surface area contributed by atoms with E-state index in [4.69, 9.17) is 4.74 Å². The molecule has 31 heavy (non-hydrogen) atoms. The van der Waals surface area contributed by atoms with Gasteiger partial charge in [0.2, 0.25) is 5.91 Å². The Kier molecular flexibility index (Phi) is 13.6. The number of nitrogens with one attached hydrogen (secondary N) is 2. The third-order valence-electron chi connectivity index (χ3n) is 4.98. The topological polar surface area (TPSA) is 80.3 Å². The average molecular weight is 434 g/mol. The molecule has 6 nitrogen and oxygen atoms in total. The van der Waals surface area contributed by atoms with Gasteiger partial charge in [0.25, 0.3) is 0 Å². The molecule has 0 aliphatic heterocycles. The molecule has 0 saturated heterocycles. The molecule has 2 N–H and O–H groups in total. The number of nitrogens with zero attached hydrogens (tertiary/aromatic N) is 1. The molecule has 0 fully saturated rings. The molecule has 0 saturated carbocycles. The molecule has 0 radical (unpaired) electrons. The smallest absolute Gasteiger partial charge is 0.408 e. The highest BCUT2D eigenvalue weighted by Crippen LogP contribution is 2.11. The standard InChI is InChI=1S/C25H43N3O3/c1-5-6-7-8-9-10-11-12-13-15-19-27-23(29)22(20-21-17-14-16-18-26-21)28-24(30)31-25(2,3)4/h14,16-18,22H,5-13,15,19-20H2,1-4H3,(H,27,29)(H,28,30)/t22-/m0/s1. The van der Waals surface area contributed by atoms with Crippen LogP contribution in [0.5, 0.6) is 0 Å². The summed E-state index contributed by atoms with van der Waals surface area (Å²) < 4.78 is 5.32. The van der Waals surface area contributed by atoms with E-state index in [1.165, 1.54) is 51.4 Å². The van der Waals surface area contributed by atoms with Crippen molar-refractivity contribution in [1.29, 1.82) is 0 Å². The van der Waals surface area contributed by atoms with Crippen molar-refractivity contribution in [3.63, 3.8) is 0 Å². The molecule has 0 aliphatic carbocycles. The summed E-state index contributed by atoms with van der Waals surface area (Å²) in [7, 11) is 0. The van der Waals surface area contributed by atoms with E-state index in [0.717, 1.165) is 18.5 Å². The average Bonchev–Trinajstić information content (AvgIpc) is 2.70. The molecule has 6 heteroatoms. The second-order valence-electron chi connectivity index (χ2n) is 9.20. The van der Waals surface area contributed by atoms with Crippen LogP contribution in [-0.4, -0.2) is 35.2 Å². The van der Waals surface area contributed by atoms with Crippen molar-refractivity contribution < 1.29 is 14.3 Å². The summed E-state index contributed by atoms with van der Waals surface area (Å²) in [4.78, 5) is 29.2. The summed E-state index contributed by atoms with van der Waals surface area (Å²) in [6.45, 7) is 8.25. The Labute approximate surface area is 188 Å². The number of rotatable bonds is 15. The van der Waals surface area contributed by atoms with Gasteiger partial charge in [0.1, 0.15) is 11.6 Å². The fourth-order valence-electron chi connectivity index (χ4n) is 3.33. The van der Waals surface area contributed by atoms with Gasteiger partial charge in [-0.25, -0.2) is 4.79 Å². The number of ether oxygens (including phenoxy) is 1. The summed E-state index contributed by atoms with van der Waals surface area (Å²) in [6, 6.07) is 4.83. The summed E-state index contributed by atoms with van der Waals surface area (Å²) in [6.07, 6.45) is 13.9. The van der Waals surface area contributed by atoms with E-state index in [1.54, 1.807) is 27.0 Å². The van der Waals surface area contributed by atoms with Crippen LogP contribution in [0.4, 0.5) is 4.79 Å². The van der Waals surface area contributed by atoms with Crippen molar-refractivity contribution >= 4 is 12.0 Å². The SMILES string of the molecule is CCCCCCCCCCCCNC(=O)[C@H](Cc1ccccn1)NC(=O)OC(C)(C)C. The molecule has 0 unspecified atom stereocenters. The Morgan fingerprint density at radius 1 is 0.968 bits per heavy atom. The van der Waals surface area contributed by atoms with Crippen LogP contribution in [0, 0.1) is 0 Å². The number of unbranched alkanes of at least 4 members (excludes halogenated alkanes) is 9. The second-order valence-corrected chi connectivity index (χ2v) is 9.20. The van der Waals surface area contributed by atoms with Crippen molar-refractivity contribution in [3.05, 3.63) is 30.1 Å². The monoisotopic (exact) mass is 433 g/mol. The highest BCUT2D eigenvalue weighted by Gasteiger charge is 2.24. The van der Waals surface area contributed by atoms with Gasteiger partial charge in [-0.2, -0.15) is 0 Å². The Morgan fingerprint density at radius 3 is 2.13 bits per heavy atom. The largest absolute Gasteiger partial charge is 0.444 e. The molecule has 0 aromatic carbocycles. The Hall–Kier alpha value is -2.11. The Bertz CT molecular complexity index is 614. The van der Waals surface area contributed by atoms with Gasteiger partial charge in [-0.1, -0.05) is 70.8 Å². The number of aromatic nitrogens is 1. The van der Waals surface area contributed by atoms with E-state index < -0.39 is 17.7 Å². The lowest BCUT2D eigenvalue weighted by Gasteiger charge is -2.23. The van der Waals surface area contributed by atoms with Gasteiger partial charge < -0.3 is 15.4 Å². The molecule has 1 rings (SSSR count). The van der Waals surface area contributed by atoms with E-state index in [9.17, 15) is 9.59 Å². The highest BCUT2D eigenvalue weighted by atomic mass is 16.6. The third kappa shape index (κ3) is 14.5. The molecular weight excluding hydrogens is 390 g/mol. The van der Waals surface area contributed by atoms with E-state index in [1.807, 2.05) is 18.2 Å². The van der Waals surface area contributed by atoms with Crippen LogP contribution in [0.2, 0.25) is 0 Å². The molecule has 176 valence electrons. The predicted octanol–water partition coefficient (Wildman–Crippen LogP) is 5.55. The number of hydrogen-bond acceptors (Lipinski definition) is 4. The summed E-state index contributed by atoms with van der Waals surface area (Å²) in [5.41, 5.74) is 0.129. The first kappa shape index (κ1) is 26.9. The minimum Gasteiger partial charge on any atom is -0.444 e. The summed E-state index contributed by atoms with van der Waals surface area (Å²) in [5.74, 6) is -0.201. The van der Waals surface area contributed by atoms with E-state index in [-0.39, 0.29) is 5.91 Å². The molecule has 1 aromatic rings. The number of amides is 2. The van der Waals surface area contributed by atoms with Gasteiger partial charge in [-0.3, -0.25) is 9.78 Å². The van der Waals surface area contributed by atoms with E-state index in [2.05, 4.69) is 22.5 Å². The first-order valence-corrected chi connectivity index (χ1v) is 12.0. The van der Waals surface area contributed by atoms with Crippen molar-refractivity contribution in [3.8, 4) is 0 Å². The van der Waals surface area contributed by atoms with Gasteiger partial charge in [0, 0.05) is 24.9 Å². The lowest BCUT2D eigenvalue weighted by atomic mass is 10.1. The minimum absolute atomic E-state index is 0.201. The highest BCUT2D eigenvalue weighted by molar-refractivity contribution is 5.85. The van der Waals surface area contributed by atoms with Crippen LogP contribution < -0.4 is 10.6 Å². The van der Waals surface area contributed by atoms with E-state index >= 15 is 0 Å². The lowest BCUT2D eigenvalue weighted by Crippen LogP contribution is -2.49. The maximum atomic E-state index is 12.7. The molecule has 1 aromatic heterocycles. The number of pyridine rings is 1.